The highest BCUT2D eigenvalue weighted by molar-refractivity contribution is 6.07. The van der Waals surface area contributed by atoms with Crippen LogP contribution in [0.25, 0.3) is 0 Å². The molecule has 4 aliphatic rings. The zero-order valence-corrected chi connectivity index (χ0v) is 20.4. The minimum Gasteiger partial charge on any atom is -0.488 e. The number of hydrogen-bond donors (Lipinski definition) is 1. The number of fused-ring (bicyclic) bond motifs is 1. The lowest BCUT2D eigenvalue weighted by atomic mass is 9.85. The summed E-state index contributed by atoms with van der Waals surface area (Å²) in [7, 11) is 0. The molecule has 1 aromatic rings. The number of anilines is 1. The van der Waals surface area contributed by atoms with Crippen LogP contribution in [0.15, 0.2) is 36.4 Å². The van der Waals surface area contributed by atoms with E-state index < -0.39 is 0 Å². The van der Waals surface area contributed by atoms with Crippen molar-refractivity contribution in [1.29, 1.82) is 0 Å². The van der Waals surface area contributed by atoms with Gasteiger partial charge in [-0.15, -0.1) is 0 Å². The third kappa shape index (κ3) is 5.37. The van der Waals surface area contributed by atoms with Gasteiger partial charge in [-0.3, -0.25) is 24.2 Å². The van der Waals surface area contributed by atoms with Crippen molar-refractivity contribution in [3.63, 3.8) is 0 Å². The fourth-order valence-corrected chi connectivity index (χ4v) is 5.79. The molecule has 0 radical (unpaired) electrons. The van der Waals surface area contributed by atoms with Crippen LogP contribution in [0.4, 0.5) is 5.69 Å². The molecule has 2 unspecified atom stereocenters. The molecule has 0 bridgehead atoms. The topological polar surface area (TPSA) is 82.2 Å². The molecule has 2 aliphatic carbocycles. The molecule has 35 heavy (non-hydrogen) atoms. The van der Waals surface area contributed by atoms with Crippen LogP contribution in [0.5, 0.6) is 5.75 Å². The number of nitrogens with zero attached hydrogens (tertiary/aromatic N) is 3. The smallest absolute Gasteiger partial charge is 0.240 e. The summed E-state index contributed by atoms with van der Waals surface area (Å²) in [6, 6.07) is 8.34. The van der Waals surface area contributed by atoms with Crippen molar-refractivity contribution in [3.05, 3.63) is 36.4 Å². The Morgan fingerprint density at radius 2 is 1.60 bits per heavy atom. The average molecular weight is 481 g/mol. The number of carbonyl (C=O) groups excluding carboxylic acids is 3. The molecule has 3 fully saturated rings. The highest BCUT2D eigenvalue weighted by atomic mass is 16.5. The molecule has 0 spiro atoms. The summed E-state index contributed by atoms with van der Waals surface area (Å²) in [5.41, 5.74) is 1.17. The third-order valence-electron chi connectivity index (χ3n) is 7.82. The molecule has 3 amide bonds. The van der Waals surface area contributed by atoms with E-state index in [1.165, 1.54) is 18.5 Å². The fourth-order valence-electron chi connectivity index (χ4n) is 5.79. The molecule has 1 aromatic carbocycles. The Kier molecular flexibility index (Phi) is 7.37. The first-order chi connectivity index (χ1) is 17.1. The van der Waals surface area contributed by atoms with Gasteiger partial charge in [0.1, 0.15) is 12.3 Å². The number of amides is 3. The number of nitrogens with one attached hydrogen (secondary N) is 1. The summed E-state index contributed by atoms with van der Waals surface area (Å²) in [6.07, 6.45) is 10.2. The number of benzene rings is 1. The largest absolute Gasteiger partial charge is 0.488 e. The van der Waals surface area contributed by atoms with Crippen LogP contribution in [-0.2, 0) is 14.4 Å². The quantitative estimate of drug-likeness (QED) is 0.454. The summed E-state index contributed by atoms with van der Waals surface area (Å²) in [5, 5.41) is 2.90. The number of para-hydroxylation sites is 2. The van der Waals surface area contributed by atoms with Gasteiger partial charge in [0.15, 0.2) is 0 Å². The molecule has 1 N–H and O–H groups in total. The predicted octanol–water partition coefficient (Wildman–Crippen LogP) is 2.20. The number of carbonyl (C=O) groups is 3. The first-order valence-corrected chi connectivity index (χ1v) is 13.1. The van der Waals surface area contributed by atoms with Crippen molar-refractivity contribution >= 4 is 23.4 Å². The minimum atomic E-state index is -0.287. The SMILES string of the molecule is O=C(CN1C(=O)C2CC=CCC2C1=O)NCCN1CCN(c2ccccc2OC2CCCC2)CC1. The molecule has 8 heteroatoms. The normalized spacial score (nSPS) is 25.3. The first kappa shape index (κ1) is 23.9. The molecule has 2 heterocycles. The second kappa shape index (κ2) is 10.8. The minimum absolute atomic E-state index is 0.170. The van der Waals surface area contributed by atoms with Gasteiger partial charge >= 0.3 is 0 Å². The van der Waals surface area contributed by atoms with Crippen molar-refractivity contribution in [3.8, 4) is 5.75 Å². The highest BCUT2D eigenvalue weighted by Crippen LogP contribution is 2.35. The van der Waals surface area contributed by atoms with E-state index in [0.29, 0.717) is 25.5 Å². The lowest BCUT2D eigenvalue weighted by Crippen LogP contribution is -2.49. The molecule has 8 nitrogen and oxygen atoms in total. The van der Waals surface area contributed by atoms with E-state index in [4.69, 9.17) is 4.74 Å². The summed E-state index contributed by atoms with van der Waals surface area (Å²) in [6.45, 7) is 4.72. The van der Waals surface area contributed by atoms with Crippen LogP contribution >= 0.6 is 0 Å². The van der Waals surface area contributed by atoms with E-state index in [-0.39, 0.29) is 36.1 Å². The van der Waals surface area contributed by atoms with Gasteiger partial charge in [0.2, 0.25) is 17.7 Å². The Labute approximate surface area is 207 Å². The Balaban J connectivity index is 1.04. The molecule has 5 rings (SSSR count). The molecule has 2 aliphatic heterocycles. The van der Waals surface area contributed by atoms with E-state index in [0.717, 1.165) is 56.2 Å². The number of allylic oxidation sites excluding steroid dienone is 2. The Morgan fingerprint density at radius 1 is 0.943 bits per heavy atom. The molecule has 2 saturated heterocycles. The van der Waals surface area contributed by atoms with E-state index in [2.05, 4.69) is 33.3 Å². The highest BCUT2D eigenvalue weighted by Gasteiger charge is 2.47. The van der Waals surface area contributed by atoms with Gasteiger partial charge in [-0.25, -0.2) is 0 Å². The number of rotatable bonds is 8. The van der Waals surface area contributed by atoms with Crippen molar-refractivity contribution < 1.29 is 19.1 Å². The number of hydrogen-bond acceptors (Lipinski definition) is 6. The van der Waals surface area contributed by atoms with Gasteiger partial charge < -0.3 is 15.0 Å². The maximum atomic E-state index is 12.5. The standard InChI is InChI=1S/C27H36N4O4/c32-25(19-31-26(33)21-9-3-4-10-22(21)27(31)34)28-13-14-29-15-17-30(18-16-29)23-11-5-6-12-24(23)35-20-7-1-2-8-20/h3-6,11-12,20-22H,1-2,7-10,13-19H2,(H,28,32). The monoisotopic (exact) mass is 480 g/mol. The van der Waals surface area contributed by atoms with Gasteiger partial charge in [-0.05, 0) is 50.7 Å². The van der Waals surface area contributed by atoms with Crippen LogP contribution in [0.2, 0.25) is 0 Å². The molecular weight excluding hydrogens is 444 g/mol. The summed E-state index contributed by atoms with van der Waals surface area (Å²) >= 11 is 0. The zero-order valence-electron chi connectivity index (χ0n) is 20.4. The van der Waals surface area contributed by atoms with Gasteiger partial charge in [-0.1, -0.05) is 24.3 Å². The van der Waals surface area contributed by atoms with Gasteiger partial charge in [0.05, 0.1) is 23.6 Å². The Bertz CT molecular complexity index is 940. The Hall–Kier alpha value is -2.87. The lowest BCUT2D eigenvalue weighted by molar-refractivity contribution is -0.143. The van der Waals surface area contributed by atoms with Crippen LogP contribution in [-0.4, -0.2) is 79.4 Å². The fraction of sp³-hybridized carbons (Fsp3) is 0.593. The zero-order chi connectivity index (χ0) is 24.2. The van der Waals surface area contributed by atoms with Gasteiger partial charge in [-0.2, -0.15) is 0 Å². The van der Waals surface area contributed by atoms with Gasteiger partial charge in [0, 0.05) is 39.3 Å². The van der Waals surface area contributed by atoms with Crippen molar-refractivity contribution in [2.24, 2.45) is 11.8 Å². The summed E-state index contributed by atoms with van der Waals surface area (Å²) in [5.74, 6) is -0.257. The lowest BCUT2D eigenvalue weighted by Gasteiger charge is -2.37. The predicted molar refractivity (Wildman–Crippen MR) is 133 cm³/mol. The van der Waals surface area contributed by atoms with Crippen molar-refractivity contribution in [2.75, 3.05) is 50.7 Å². The van der Waals surface area contributed by atoms with Crippen LogP contribution < -0.4 is 15.0 Å². The second-order valence-electron chi connectivity index (χ2n) is 10.1. The number of likely N-dealkylation sites (tertiary alicyclic amines) is 1. The Morgan fingerprint density at radius 3 is 2.29 bits per heavy atom. The average Bonchev–Trinajstić information content (AvgIpc) is 3.48. The van der Waals surface area contributed by atoms with Crippen molar-refractivity contribution in [1.82, 2.24) is 15.1 Å². The molecule has 2 atom stereocenters. The van der Waals surface area contributed by atoms with E-state index in [1.807, 2.05) is 18.2 Å². The molecule has 1 saturated carbocycles. The molecular formula is C27H36N4O4. The summed E-state index contributed by atoms with van der Waals surface area (Å²) in [4.78, 5) is 43.4. The van der Waals surface area contributed by atoms with E-state index >= 15 is 0 Å². The number of ether oxygens (including phenoxy) is 1. The second-order valence-corrected chi connectivity index (χ2v) is 10.1. The van der Waals surface area contributed by atoms with Gasteiger partial charge in [0.25, 0.3) is 0 Å². The molecule has 0 aromatic heterocycles. The first-order valence-electron chi connectivity index (χ1n) is 13.1. The van der Waals surface area contributed by atoms with Crippen LogP contribution in [0.3, 0.4) is 0 Å². The maximum Gasteiger partial charge on any atom is 0.240 e. The van der Waals surface area contributed by atoms with E-state index in [9.17, 15) is 14.4 Å². The number of imide groups is 1. The third-order valence-corrected chi connectivity index (χ3v) is 7.82. The van der Waals surface area contributed by atoms with E-state index in [1.54, 1.807) is 0 Å². The van der Waals surface area contributed by atoms with Crippen molar-refractivity contribution in [2.45, 2.75) is 44.6 Å². The van der Waals surface area contributed by atoms with Crippen LogP contribution in [0.1, 0.15) is 38.5 Å². The molecule has 188 valence electrons. The van der Waals surface area contributed by atoms with Crippen LogP contribution in [0, 0.1) is 11.8 Å². The number of piperazine rings is 1. The maximum absolute atomic E-state index is 12.5. The summed E-state index contributed by atoms with van der Waals surface area (Å²) < 4.78 is 6.32.